The lowest BCUT2D eigenvalue weighted by atomic mass is 10.1. The summed E-state index contributed by atoms with van der Waals surface area (Å²) >= 11 is 1.38. The molecular formula is C20H29N3O4S. The molecule has 0 unspecified atom stereocenters. The monoisotopic (exact) mass is 407 g/mol. The van der Waals surface area contributed by atoms with Gasteiger partial charge in [-0.2, -0.15) is 0 Å². The molecule has 0 atom stereocenters. The van der Waals surface area contributed by atoms with E-state index in [2.05, 4.69) is 29.5 Å². The first kappa shape index (κ1) is 23.7. The standard InChI is InChI=1S/C20H29N3O4S/c1-3-5-11-21-20(22-12-6-4-2)28-14-18(25)23-16-9-7-15(8-10-16)13-17(24)19(26)27/h7-10H,3-6,11-14H2,1-2H3,(H,21,22)(H,23,25)(H,26,27). The Hall–Kier alpha value is -2.35. The fraction of sp³-hybridized carbons (Fsp3) is 0.500. The van der Waals surface area contributed by atoms with Crippen LogP contribution in [-0.2, 0) is 20.8 Å². The fourth-order valence-corrected chi connectivity index (χ4v) is 2.89. The smallest absolute Gasteiger partial charge is 0.372 e. The van der Waals surface area contributed by atoms with Gasteiger partial charge in [0.05, 0.1) is 5.75 Å². The van der Waals surface area contributed by atoms with Gasteiger partial charge < -0.3 is 15.7 Å². The number of benzene rings is 1. The van der Waals surface area contributed by atoms with Crippen LogP contribution in [0.1, 0.15) is 45.1 Å². The number of aliphatic imine (C=N–C) groups is 1. The van der Waals surface area contributed by atoms with Crippen molar-refractivity contribution in [1.82, 2.24) is 5.32 Å². The van der Waals surface area contributed by atoms with E-state index in [1.165, 1.54) is 11.8 Å². The molecule has 0 spiro atoms. The zero-order chi connectivity index (χ0) is 20.8. The van der Waals surface area contributed by atoms with Crippen LogP contribution in [0.5, 0.6) is 0 Å². The number of amidine groups is 1. The zero-order valence-electron chi connectivity index (χ0n) is 16.5. The Balaban J connectivity index is 2.51. The molecule has 1 rings (SSSR count). The van der Waals surface area contributed by atoms with E-state index >= 15 is 0 Å². The molecule has 0 saturated carbocycles. The molecule has 7 nitrogen and oxygen atoms in total. The van der Waals surface area contributed by atoms with Gasteiger partial charge in [-0.1, -0.05) is 50.6 Å². The number of nitrogens with zero attached hydrogens (tertiary/aromatic N) is 1. The number of carboxylic acids is 1. The molecule has 0 bridgehead atoms. The number of rotatable bonds is 12. The molecule has 0 radical (unpaired) electrons. The summed E-state index contributed by atoms with van der Waals surface area (Å²) < 4.78 is 0. The van der Waals surface area contributed by atoms with Gasteiger partial charge in [-0.3, -0.25) is 14.6 Å². The molecule has 1 amide bonds. The summed E-state index contributed by atoms with van der Waals surface area (Å²) in [6, 6.07) is 6.58. The number of hydrogen-bond donors (Lipinski definition) is 3. The van der Waals surface area contributed by atoms with E-state index < -0.39 is 11.8 Å². The number of hydrogen-bond acceptors (Lipinski definition) is 5. The number of carboxylic acid groups (broad SMARTS) is 1. The van der Waals surface area contributed by atoms with E-state index in [4.69, 9.17) is 5.11 Å². The van der Waals surface area contributed by atoms with Gasteiger partial charge in [0, 0.05) is 25.2 Å². The van der Waals surface area contributed by atoms with E-state index in [1.54, 1.807) is 24.3 Å². The quantitative estimate of drug-likeness (QED) is 0.213. The Morgan fingerprint density at radius 1 is 1.07 bits per heavy atom. The number of thioether (sulfide) groups is 1. The molecule has 3 N–H and O–H groups in total. The molecule has 28 heavy (non-hydrogen) atoms. The second kappa shape index (κ2) is 13.8. The maximum Gasteiger partial charge on any atom is 0.372 e. The van der Waals surface area contributed by atoms with Crippen LogP contribution in [0.25, 0.3) is 0 Å². The van der Waals surface area contributed by atoms with Crippen molar-refractivity contribution in [2.75, 3.05) is 24.2 Å². The molecule has 0 heterocycles. The first-order valence-corrected chi connectivity index (χ1v) is 10.5. The third kappa shape index (κ3) is 10.1. The molecule has 0 fully saturated rings. The lowest BCUT2D eigenvalue weighted by Gasteiger charge is -2.10. The van der Waals surface area contributed by atoms with E-state index in [0.717, 1.165) is 43.9 Å². The number of carbonyl (C=O) groups is 3. The summed E-state index contributed by atoms with van der Waals surface area (Å²) in [6.45, 7) is 5.82. The maximum atomic E-state index is 12.2. The first-order valence-electron chi connectivity index (χ1n) is 9.52. The van der Waals surface area contributed by atoms with Gasteiger partial charge in [0.15, 0.2) is 5.17 Å². The highest BCUT2D eigenvalue weighted by Crippen LogP contribution is 2.12. The Kier molecular flexibility index (Phi) is 11.6. The molecule has 154 valence electrons. The molecular weight excluding hydrogens is 378 g/mol. The number of nitrogens with one attached hydrogen (secondary N) is 2. The highest BCUT2D eigenvalue weighted by molar-refractivity contribution is 8.14. The summed E-state index contributed by atoms with van der Waals surface area (Å²) in [5.41, 5.74) is 1.19. The Morgan fingerprint density at radius 3 is 2.36 bits per heavy atom. The van der Waals surface area contributed by atoms with Crippen molar-refractivity contribution in [2.24, 2.45) is 4.99 Å². The summed E-state index contributed by atoms with van der Waals surface area (Å²) in [4.78, 5) is 38.5. The predicted molar refractivity (Wildman–Crippen MR) is 114 cm³/mol. The Bertz CT molecular complexity index is 675. The van der Waals surface area contributed by atoms with Gasteiger partial charge in [0.25, 0.3) is 0 Å². The van der Waals surface area contributed by atoms with Crippen LogP contribution in [0.4, 0.5) is 5.69 Å². The summed E-state index contributed by atoms with van der Waals surface area (Å²) in [6.07, 6.45) is 4.07. The van der Waals surface area contributed by atoms with Gasteiger partial charge in [0.2, 0.25) is 11.7 Å². The molecule has 0 aliphatic carbocycles. The molecule has 0 aromatic heterocycles. The number of ketones is 1. The second-order valence-corrected chi connectivity index (χ2v) is 7.22. The van der Waals surface area contributed by atoms with Gasteiger partial charge in [-0.05, 0) is 30.5 Å². The molecule has 0 aliphatic heterocycles. The molecule has 0 aliphatic rings. The van der Waals surface area contributed by atoms with E-state index in [0.29, 0.717) is 11.3 Å². The summed E-state index contributed by atoms with van der Waals surface area (Å²) in [7, 11) is 0. The number of carbonyl (C=O) groups excluding carboxylic acids is 2. The maximum absolute atomic E-state index is 12.2. The Labute approximate surface area is 170 Å². The topological polar surface area (TPSA) is 108 Å². The second-order valence-electron chi connectivity index (χ2n) is 6.26. The molecule has 8 heteroatoms. The number of anilines is 1. The minimum absolute atomic E-state index is 0.153. The van der Waals surface area contributed by atoms with Crippen molar-refractivity contribution in [2.45, 2.75) is 46.0 Å². The number of unbranched alkanes of at least 4 members (excludes halogenated alkanes) is 2. The highest BCUT2D eigenvalue weighted by atomic mass is 32.2. The Morgan fingerprint density at radius 2 is 1.75 bits per heavy atom. The highest BCUT2D eigenvalue weighted by Gasteiger charge is 2.12. The average Bonchev–Trinajstić information content (AvgIpc) is 2.67. The van der Waals surface area contributed by atoms with Crippen LogP contribution >= 0.6 is 11.8 Å². The van der Waals surface area contributed by atoms with Crippen molar-refractivity contribution < 1.29 is 19.5 Å². The number of Topliss-reactive ketones (excluding diaryl/α,β-unsaturated/α-hetero) is 1. The van der Waals surface area contributed by atoms with Gasteiger partial charge >= 0.3 is 5.97 Å². The normalized spacial score (nSPS) is 11.1. The minimum atomic E-state index is -1.45. The minimum Gasteiger partial charge on any atom is -0.475 e. The van der Waals surface area contributed by atoms with Crippen molar-refractivity contribution in [3.05, 3.63) is 29.8 Å². The fourth-order valence-electron chi connectivity index (χ4n) is 2.16. The lowest BCUT2D eigenvalue weighted by Crippen LogP contribution is -2.24. The van der Waals surface area contributed by atoms with Crippen molar-refractivity contribution in [1.29, 1.82) is 0 Å². The van der Waals surface area contributed by atoms with Crippen LogP contribution < -0.4 is 10.6 Å². The van der Waals surface area contributed by atoms with Crippen LogP contribution in [-0.4, -0.2) is 46.8 Å². The van der Waals surface area contributed by atoms with Gasteiger partial charge in [0.1, 0.15) is 0 Å². The third-order valence-electron chi connectivity index (χ3n) is 3.75. The van der Waals surface area contributed by atoms with Crippen molar-refractivity contribution in [3.63, 3.8) is 0 Å². The average molecular weight is 408 g/mol. The predicted octanol–water partition coefficient (Wildman–Crippen LogP) is 3.10. The zero-order valence-corrected chi connectivity index (χ0v) is 17.3. The third-order valence-corrected chi connectivity index (χ3v) is 4.71. The van der Waals surface area contributed by atoms with Crippen LogP contribution in [0.15, 0.2) is 29.3 Å². The number of aliphatic carboxylic acids is 1. The van der Waals surface area contributed by atoms with E-state index in [1.807, 2.05) is 0 Å². The van der Waals surface area contributed by atoms with E-state index in [9.17, 15) is 14.4 Å². The van der Waals surface area contributed by atoms with E-state index in [-0.39, 0.29) is 18.1 Å². The first-order chi connectivity index (χ1) is 13.5. The van der Waals surface area contributed by atoms with Crippen molar-refractivity contribution in [3.8, 4) is 0 Å². The molecule has 0 saturated heterocycles. The van der Waals surface area contributed by atoms with Crippen molar-refractivity contribution >= 4 is 40.3 Å². The van der Waals surface area contributed by atoms with Gasteiger partial charge in [-0.15, -0.1) is 0 Å². The van der Waals surface area contributed by atoms with Crippen LogP contribution in [0, 0.1) is 0 Å². The summed E-state index contributed by atoms with van der Waals surface area (Å²) in [5.74, 6) is -2.22. The molecule has 1 aromatic rings. The number of amides is 1. The van der Waals surface area contributed by atoms with Gasteiger partial charge in [-0.25, -0.2) is 4.79 Å². The lowest BCUT2D eigenvalue weighted by molar-refractivity contribution is -0.148. The SMILES string of the molecule is CCCCN=C(NCCCC)SCC(=O)Nc1ccc(CC(=O)C(=O)O)cc1. The largest absolute Gasteiger partial charge is 0.475 e. The van der Waals surface area contributed by atoms with Crippen LogP contribution in [0.2, 0.25) is 0 Å². The van der Waals surface area contributed by atoms with Crippen LogP contribution in [0.3, 0.4) is 0 Å². The summed E-state index contributed by atoms with van der Waals surface area (Å²) in [5, 5.41) is 15.5. The molecule has 1 aromatic carbocycles.